The molecule has 0 unspecified atom stereocenters. The van der Waals surface area contributed by atoms with Crippen molar-refractivity contribution in [2.24, 2.45) is 0 Å². The zero-order valence-corrected chi connectivity index (χ0v) is 11.5. The van der Waals surface area contributed by atoms with Gasteiger partial charge in [-0.25, -0.2) is 0 Å². The maximum Gasteiger partial charge on any atom is 0.135 e. The van der Waals surface area contributed by atoms with Crippen LogP contribution in [-0.4, -0.2) is 0 Å². The summed E-state index contributed by atoms with van der Waals surface area (Å²) in [7, 11) is 0. The summed E-state index contributed by atoms with van der Waals surface area (Å²) in [4.78, 5) is 0. The first-order valence-corrected chi connectivity index (χ1v) is 7.05. The van der Waals surface area contributed by atoms with Crippen LogP contribution >= 0.6 is 0 Å². The number of fused-ring (bicyclic) bond motifs is 1. The second-order valence-electron chi connectivity index (χ2n) is 5.06. The molecule has 3 aromatic carbocycles. The largest absolute Gasteiger partial charge is 0.456 e. The van der Waals surface area contributed by atoms with Gasteiger partial charge in [0.25, 0.3) is 0 Å². The standard InChI is InChI=1S/C20H14O/c1-2-8-16(9-3-1)19-13-14-20(21-19)18-12-6-10-15-7-4-5-11-17(15)18/h1-14H. The molecule has 21 heavy (non-hydrogen) atoms. The van der Waals surface area contributed by atoms with E-state index in [4.69, 9.17) is 4.42 Å². The molecule has 0 amide bonds. The van der Waals surface area contributed by atoms with E-state index in [0.29, 0.717) is 0 Å². The number of rotatable bonds is 2. The highest BCUT2D eigenvalue weighted by atomic mass is 16.3. The summed E-state index contributed by atoms with van der Waals surface area (Å²) >= 11 is 0. The Kier molecular flexibility index (Phi) is 2.82. The van der Waals surface area contributed by atoms with E-state index in [-0.39, 0.29) is 0 Å². The molecule has 0 aliphatic rings. The van der Waals surface area contributed by atoms with Crippen molar-refractivity contribution < 1.29 is 4.42 Å². The van der Waals surface area contributed by atoms with E-state index < -0.39 is 0 Å². The summed E-state index contributed by atoms with van der Waals surface area (Å²) in [6.45, 7) is 0. The van der Waals surface area contributed by atoms with Crippen molar-refractivity contribution in [1.82, 2.24) is 0 Å². The van der Waals surface area contributed by atoms with E-state index in [9.17, 15) is 0 Å². The smallest absolute Gasteiger partial charge is 0.135 e. The molecule has 1 aromatic heterocycles. The van der Waals surface area contributed by atoms with Crippen LogP contribution in [0.25, 0.3) is 33.4 Å². The van der Waals surface area contributed by atoms with Crippen LogP contribution in [0.2, 0.25) is 0 Å². The molecule has 0 bridgehead atoms. The third-order valence-corrected chi connectivity index (χ3v) is 3.72. The van der Waals surface area contributed by atoms with Crippen molar-refractivity contribution in [3.05, 3.63) is 84.9 Å². The summed E-state index contributed by atoms with van der Waals surface area (Å²) in [6, 6.07) is 28.9. The van der Waals surface area contributed by atoms with Gasteiger partial charge in [-0.15, -0.1) is 0 Å². The van der Waals surface area contributed by atoms with Gasteiger partial charge in [0.1, 0.15) is 11.5 Å². The minimum atomic E-state index is 0.901. The quantitative estimate of drug-likeness (QED) is 0.451. The normalized spacial score (nSPS) is 10.9. The average Bonchev–Trinajstić information content (AvgIpc) is 3.05. The highest BCUT2D eigenvalue weighted by molar-refractivity contribution is 5.95. The fourth-order valence-corrected chi connectivity index (χ4v) is 2.68. The number of benzene rings is 3. The third-order valence-electron chi connectivity index (χ3n) is 3.72. The first kappa shape index (κ1) is 12.0. The number of hydrogen-bond acceptors (Lipinski definition) is 1. The van der Waals surface area contributed by atoms with Gasteiger partial charge in [-0.3, -0.25) is 0 Å². The molecule has 0 N–H and O–H groups in total. The zero-order valence-electron chi connectivity index (χ0n) is 11.5. The van der Waals surface area contributed by atoms with Gasteiger partial charge in [0, 0.05) is 11.1 Å². The number of hydrogen-bond donors (Lipinski definition) is 0. The molecule has 0 atom stereocenters. The summed E-state index contributed by atoms with van der Waals surface area (Å²) in [5.41, 5.74) is 2.24. The molecule has 1 nitrogen and oxygen atoms in total. The van der Waals surface area contributed by atoms with Crippen molar-refractivity contribution in [3.63, 3.8) is 0 Å². The Morgan fingerprint density at radius 3 is 2.14 bits per heavy atom. The van der Waals surface area contributed by atoms with Crippen molar-refractivity contribution >= 4 is 10.8 Å². The van der Waals surface area contributed by atoms with Crippen LogP contribution in [0, 0.1) is 0 Å². The minimum absolute atomic E-state index is 0.901. The fourth-order valence-electron chi connectivity index (χ4n) is 2.68. The molecule has 1 heterocycles. The second-order valence-corrected chi connectivity index (χ2v) is 5.06. The highest BCUT2D eigenvalue weighted by Crippen LogP contribution is 2.32. The van der Waals surface area contributed by atoms with Gasteiger partial charge >= 0.3 is 0 Å². The molecule has 0 radical (unpaired) electrons. The molecule has 4 rings (SSSR count). The van der Waals surface area contributed by atoms with E-state index in [1.807, 2.05) is 30.3 Å². The van der Waals surface area contributed by atoms with Crippen LogP contribution in [0.1, 0.15) is 0 Å². The van der Waals surface area contributed by atoms with Crippen molar-refractivity contribution in [2.75, 3.05) is 0 Å². The van der Waals surface area contributed by atoms with Gasteiger partial charge in [-0.2, -0.15) is 0 Å². The predicted octanol–water partition coefficient (Wildman–Crippen LogP) is 5.77. The Bertz CT molecular complexity index is 883. The lowest BCUT2D eigenvalue weighted by Gasteiger charge is -2.03. The molecule has 0 aliphatic heterocycles. The SMILES string of the molecule is c1ccc(-c2ccc(-c3cccc4ccccc34)o2)cc1. The van der Waals surface area contributed by atoms with Crippen LogP contribution < -0.4 is 0 Å². The van der Waals surface area contributed by atoms with Crippen LogP contribution in [0.5, 0.6) is 0 Å². The molecule has 0 saturated carbocycles. The summed E-state index contributed by atoms with van der Waals surface area (Å²) in [6.07, 6.45) is 0. The van der Waals surface area contributed by atoms with Crippen molar-refractivity contribution in [3.8, 4) is 22.6 Å². The van der Waals surface area contributed by atoms with Gasteiger partial charge in [0.15, 0.2) is 0 Å². The fraction of sp³-hybridized carbons (Fsp3) is 0. The summed E-state index contributed by atoms with van der Waals surface area (Å²) in [5, 5.41) is 2.45. The zero-order chi connectivity index (χ0) is 14.1. The maximum absolute atomic E-state index is 6.06. The average molecular weight is 270 g/mol. The topological polar surface area (TPSA) is 13.1 Å². The first-order valence-electron chi connectivity index (χ1n) is 7.05. The molecule has 100 valence electrons. The first-order chi connectivity index (χ1) is 10.4. The van der Waals surface area contributed by atoms with Gasteiger partial charge in [0.2, 0.25) is 0 Å². The molecule has 4 aromatic rings. The predicted molar refractivity (Wildman–Crippen MR) is 87.1 cm³/mol. The van der Waals surface area contributed by atoms with E-state index in [2.05, 4.69) is 54.6 Å². The maximum atomic E-state index is 6.06. The summed E-state index contributed by atoms with van der Waals surface area (Å²) < 4.78 is 6.06. The second kappa shape index (κ2) is 4.95. The number of furan rings is 1. The van der Waals surface area contributed by atoms with Crippen LogP contribution in [-0.2, 0) is 0 Å². The Morgan fingerprint density at radius 2 is 1.24 bits per heavy atom. The lowest BCUT2D eigenvalue weighted by Crippen LogP contribution is -1.78. The molecule has 0 spiro atoms. The van der Waals surface area contributed by atoms with E-state index in [1.54, 1.807) is 0 Å². The third kappa shape index (κ3) is 2.13. The van der Waals surface area contributed by atoms with E-state index in [0.717, 1.165) is 22.6 Å². The van der Waals surface area contributed by atoms with Gasteiger partial charge < -0.3 is 4.42 Å². The van der Waals surface area contributed by atoms with E-state index in [1.165, 1.54) is 10.8 Å². The lowest BCUT2D eigenvalue weighted by molar-refractivity contribution is 0.598. The van der Waals surface area contributed by atoms with E-state index >= 15 is 0 Å². The lowest BCUT2D eigenvalue weighted by atomic mass is 10.0. The minimum Gasteiger partial charge on any atom is -0.456 e. The molecule has 0 aliphatic carbocycles. The Balaban J connectivity index is 1.85. The Labute approximate surface area is 123 Å². The van der Waals surface area contributed by atoms with Gasteiger partial charge in [-0.1, -0.05) is 72.8 Å². The monoisotopic (exact) mass is 270 g/mol. The van der Waals surface area contributed by atoms with Crippen LogP contribution in [0.4, 0.5) is 0 Å². The summed E-state index contributed by atoms with van der Waals surface area (Å²) in [5.74, 6) is 1.81. The van der Waals surface area contributed by atoms with Crippen LogP contribution in [0.3, 0.4) is 0 Å². The molecule has 0 fully saturated rings. The Morgan fingerprint density at radius 1 is 0.524 bits per heavy atom. The molecule has 0 saturated heterocycles. The highest BCUT2D eigenvalue weighted by Gasteiger charge is 2.09. The van der Waals surface area contributed by atoms with Crippen LogP contribution in [0.15, 0.2) is 89.3 Å². The van der Waals surface area contributed by atoms with Crippen molar-refractivity contribution in [2.45, 2.75) is 0 Å². The van der Waals surface area contributed by atoms with Crippen molar-refractivity contribution in [1.29, 1.82) is 0 Å². The molecule has 1 heteroatoms. The van der Waals surface area contributed by atoms with Gasteiger partial charge in [0.05, 0.1) is 0 Å². The Hall–Kier alpha value is -2.80. The van der Waals surface area contributed by atoms with Gasteiger partial charge in [-0.05, 0) is 22.9 Å². The molecular formula is C20H14O. The molecular weight excluding hydrogens is 256 g/mol.